The molecule has 0 fully saturated rings. The Bertz CT molecular complexity index is 1410. The third-order valence-electron chi connectivity index (χ3n) is 5.94. The van der Waals surface area contributed by atoms with E-state index in [-0.39, 0.29) is 0 Å². The van der Waals surface area contributed by atoms with Gasteiger partial charge in [0.1, 0.15) is 17.3 Å². The van der Waals surface area contributed by atoms with E-state index < -0.39 is 0 Å². The fourth-order valence-corrected chi connectivity index (χ4v) is 4.43. The van der Waals surface area contributed by atoms with E-state index in [0.717, 1.165) is 41.7 Å². The zero-order valence-electron chi connectivity index (χ0n) is 17.9. The summed E-state index contributed by atoms with van der Waals surface area (Å²) >= 11 is 0. The Morgan fingerprint density at radius 2 is 1.72 bits per heavy atom. The van der Waals surface area contributed by atoms with Gasteiger partial charge in [-0.15, -0.1) is 0 Å². The number of hydrogen-bond acceptors (Lipinski definition) is 4. The van der Waals surface area contributed by atoms with Crippen molar-refractivity contribution >= 4 is 33.3 Å². The number of ether oxygens (including phenoxy) is 1. The molecule has 0 saturated heterocycles. The van der Waals surface area contributed by atoms with E-state index in [2.05, 4.69) is 112 Å². The summed E-state index contributed by atoms with van der Waals surface area (Å²) in [5.41, 5.74) is 3.42. The summed E-state index contributed by atoms with van der Waals surface area (Å²) in [5.74, 6) is 2.72. The summed E-state index contributed by atoms with van der Waals surface area (Å²) in [6.07, 6.45) is 10.5. The van der Waals surface area contributed by atoms with Crippen LogP contribution in [0.25, 0.3) is 27.6 Å². The lowest BCUT2D eigenvalue weighted by Gasteiger charge is -2.19. The van der Waals surface area contributed by atoms with Crippen molar-refractivity contribution < 1.29 is 4.74 Å². The van der Waals surface area contributed by atoms with Crippen molar-refractivity contribution in [3.8, 4) is 11.5 Å². The molecule has 1 N–H and O–H groups in total. The Morgan fingerprint density at radius 3 is 2.56 bits per heavy atom. The zero-order valence-corrected chi connectivity index (χ0v) is 17.9. The standard InChI is InChI=1S/C27H24N4O/c1-29-15-16-30(19-29)20-7-6-8-21(17-20)32-22-12-13-24-23-9-2-3-10-25(23)31(26(24)18-22)27-11-4-5-14-28-27/h2-13,15-18,28H,14,19H2,1H3. The molecule has 5 heteroatoms. The maximum Gasteiger partial charge on any atom is 0.129 e. The smallest absolute Gasteiger partial charge is 0.129 e. The average Bonchev–Trinajstić information content (AvgIpc) is 3.41. The van der Waals surface area contributed by atoms with Crippen LogP contribution in [0.1, 0.15) is 0 Å². The predicted octanol–water partition coefficient (Wildman–Crippen LogP) is 5.73. The second-order valence-electron chi connectivity index (χ2n) is 8.16. The first-order valence-electron chi connectivity index (χ1n) is 10.8. The molecule has 3 heterocycles. The zero-order chi connectivity index (χ0) is 21.5. The number of hydrogen-bond donors (Lipinski definition) is 1. The Morgan fingerprint density at radius 1 is 0.844 bits per heavy atom. The maximum atomic E-state index is 6.32. The van der Waals surface area contributed by atoms with Crippen LogP contribution >= 0.6 is 0 Å². The average molecular weight is 421 g/mol. The van der Waals surface area contributed by atoms with Crippen LogP contribution < -0.4 is 15.0 Å². The minimum Gasteiger partial charge on any atom is -0.457 e. The van der Waals surface area contributed by atoms with Crippen molar-refractivity contribution in [2.24, 2.45) is 0 Å². The van der Waals surface area contributed by atoms with Gasteiger partial charge in [0.15, 0.2) is 0 Å². The first kappa shape index (κ1) is 18.6. The highest BCUT2D eigenvalue weighted by atomic mass is 16.5. The summed E-state index contributed by atoms with van der Waals surface area (Å²) in [4.78, 5) is 4.34. The number of anilines is 1. The SMILES string of the molecule is CN1C=CN(c2cccc(Oc3ccc4c5ccccc5n(C5=CC=CCN5)c4c3)c2)C1. The molecule has 0 bridgehead atoms. The van der Waals surface area contributed by atoms with Crippen molar-refractivity contribution in [2.45, 2.75) is 0 Å². The molecule has 0 amide bonds. The number of rotatable bonds is 4. The minimum atomic E-state index is 0.819. The Kier molecular flexibility index (Phi) is 4.39. The number of aromatic nitrogens is 1. The molecule has 0 atom stereocenters. The van der Waals surface area contributed by atoms with Crippen LogP contribution in [-0.4, -0.2) is 29.7 Å². The van der Waals surface area contributed by atoms with E-state index in [1.807, 2.05) is 12.1 Å². The van der Waals surface area contributed by atoms with Gasteiger partial charge in [-0.3, -0.25) is 4.57 Å². The summed E-state index contributed by atoms with van der Waals surface area (Å²) in [6, 6.07) is 23.1. The van der Waals surface area contributed by atoms with E-state index in [1.165, 1.54) is 16.3 Å². The van der Waals surface area contributed by atoms with Crippen molar-refractivity contribution in [3.05, 3.63) is 97.4 Å². The lowest BCUT2D eigenvalue weighted by Crippen LogP contribution is -2.21. The number of fused-ring (bicyclic) bond motifs is 3. The monoisotopic (exact) mass is 420 g/mol. The molecule has 0 unspecified atom stereocenters. The third kappa shape index (κ3) is 3.19. The van der Waals surface area contributed by atoms with Gasteiger partial charge in [0, 0.05) is 54.6 Å². The normalized spacial score (nSPS) is 15.5. The fraction of sp³-hybridized carbons (Fsp3) is 0.111. The second-order valence-corrected chi connectivity index (χ2v) is 8.16. The molecule has 0 spiro atoms. The molecule has 158 valence electrons. The first-order valence-corrected chi connectivity index (χ1v) is 10.8. The molecule has 6 rings (SSSR count). The summed E-state index contributed by atoms with van der Waals surface area (Å²) in [5, 5.41) is 5.94. The van der Waals surface area contributed by atoms with Crippen LogP contribution in [0, 0.1) is 0 Å². The molecule has 32 heavy (non-hydrogen) atoms. The Balaban J connectivity index is 1.41. The Labute approximate surface area is 187 Å². The molecule has 1 aromatic heterocycles. The van der Waals surface area contributed by atoms with Crippen LogP contribution in [0.2, 0.25) is 0 Å². The molecule has 3 aromatic carbocycles. The molecule has 5 nitrogen and oxygen atoms in total. The number of para-hydroxylation sites is 1. The molecular weight excluding hydrogens is 396 g/mol. The van der Waals surface area contributed by atoms with Gasteiger partial charge in [-0.25, -0.2) is 0 Å². The van der Waals surface area contributed by atoms with Crippen LogP contribution in [0.5, 0.6) is 11.5 Å². The number of nitrogens with zero attached hydrogens (tertiary/aromatic N) is 3. The largest absolute Gasteiger partial charge is 0.457 e. The van der Waals surface area contributed by atoms with Crippen molar-refractivity contribution in [1.29, 1.82) is 0 Å². The summed E-state index contributed by atoms with van der Waals surface area (Å²) in [7, 11) is 2.07. The van der Waals surface area contributed by atoms with Crippen molar-refractivity contribution in [1.82, 2.24) is 14.8 Å². The molecule has 0 aliphatic carbocycles. The van der Waals surface area contributed by atoms with Crippen LogP contribution in [0.4, 0.5) is 5.69 Å². The van der Waals surface area contributed by atoms with Gasteiger partial charge in [-0.2, -0.15) is 0 Å². The van der Waals surface area contributed by atoms with E-state index in [0.29, 0.717) is 0 Å². The fourth-order valence-electron chi connectivity index (χ4n) is 4.43. The Hall–Kier alpha value is -4.12. The van der Waals surface area contributed by atoms with Crippen LogP contribution in [0.15, 0.2) is 97.4 Å². The maximum absolute atomic E-state index is 6.32. The van der Waals surface area contributed by atoms with E-state index >= 15 is 0 Å². The number of allylic oxidation sites excluding steroid dienone is 2. The molecule has 2 aliphatic rings. The van der Waals surface area contributed by atoms with Crippen molar-refractivity contribution in [2.75, 3.05) is 25.2 Å². The molecule has 2 aliphatic heterocycles. The quantitative estimate of drug-likeness (QED) is 0.457. The highest BCUT2D eigenvalue weighted by Gasteiger charge is 2.15. The first-order chi connectivity index (χ1) is 15.8. The van der Waals surface area contributed by atoms with Gasteiger partial charge in [0.25, 0.3) is 0 Å². The minimum absolute atomic E-state index is 0.819. The van der Waals surface area contributed by atoms with E-state index in [4.69, 9.17) is 4.74 Å². The van der Waals surface area contributed by atoms with Gasteiger partial charge < -0.3 is 19.9 Å². The van der Waals surface area contributed by atoms with Gasteiger partial charge in [-0.1, -0.05) is 36.4 Å². The van der Waals surface area contributed by atoms with Crippen molar-refractivity contribution in [3.63, 3.8) is 0 Å². The number of dihydropyridines is 1. The summed E-state index contributed by atoms with van der Waals surface area (Å²) < 4.78 is 8.60. The van der Waals surface area contributed by atoms with E-state index in [9.17, 15) is 0 Å². The lowest BCUT2D eigenvalue weighted by atomic mass is 10.1. The summed E-state index contributed by atoms with van der Waals surface area (Å²) in [6.45, 7) is 1.66. The second kappa shape index (κ2) is 7.54. The van der Waals surface area contributed by atoms with Gasteiger partial charge >= 0.3 is 0 Å². The third-order valence-corrected chi connectivity index (χ3v) is 5.94. The lowest BCUT2D eigenvalue weighted by molar-refractivity contribution is 0.481. The van der Waals surface area contributed by atoms with Gasteiger partial charge in [-0.05, 0) is 36.4 Å². The predicted molar refractivity (Wildman–Crippen MR) is 132 cm³/mol. The topological polar surface area (TPSA) is 32.7 Å². The van der Waals surface area contributed by atoms with Gasteiger partial charge in [0.05, 0.1) is 17.7 Å². The molecule has 4 aromatic rings. The molecule has 0 radical (unpaired) electrons. The number of benzene rings is 3. The molecule has 0 saturated carbocycles. The van der Waals surface area contributed by atoms with Crippen LogP contribution in [0.3, 0.4) is 0 Å². The molecular formula is C27H24N4O. The van der Waals surface area contributed by atoms with Gasteiger partial charge in [0.2, 0.25) is 0 Å². The van der Waals surface area contributed by atoms with E-state index in [1.54, 1.807) is 0 Å². The highest BCUT2D eigenvalue weighted by Crippen LogP contribution is 2.35. The number of nitrogens with one attached hydrogen (secondary N) is 1. The highest BCUT2D eigenvalue weighted by molar-refractivity contribution is 6.10. The van der Waals surface area contributed by atoms with Crippen LogP contribution in [-0.2, 0) is 0 Å².